The Morgan fingerprint density at radius 1 is 1.15 bits per heavy atom. The molecule has 2 N–H and O–H groups in total. The number of benzene rings is 1. The Morgan fingerprint density at radius 3 is 2.35 bits per heavy atom. The van der Waals surface area contributed by atoms with Crippen molar-refractivity contribution in [3.05, 3.63) is 53.3 Å². The minimum Gasteiger partial charge on any atom is -0.346 e. The summed E-state index contributed by atoms with van der Waals surface area (Å²) in [7, 11) is 1.74. The fraction of sp³-hybridized carbons (Fsp3) is 0.350. The van der Waals surface area contributed by atoms with Crippen LogP contribution in [0.3, 0.4) is 0 Å². The topological polar surface area (TPSA) is 80.2 Å². The van der Waals surface area contributed by atoms with Gasteiger partial charge in [0.05, 0.1) is 6.04 Å². The fourth-order valence-corrected chi connectivity index (χ4v) is 2.78. The molecule has 1 aliphatic carbocycles. The molecule has 0 bridgehead atoms. The van der Waals surface area contributed by atoms with E-state index in [1.807, 2.05) is 31.2 Å². The third-order valence-electron chi connectivity index (χ3n) is 4.62. The summed E-state index contributed by atoms with van der Waals surface area (Å²) in [5.74, 6) is -0.0719. The molecule has 6 nitrogen and oxygen atoms in total. The van der Waals surface area contributed by atoms with Crippen molar-refractivity contribution >= 4 is 23.3 Å². The van der Waals surface area contributed by atoms with Gasteiger partial charge < -0.3 is 15.2 Å². The molecule has 0 unspecified atom stereocenters. The molecule has 26 heavy (non-hydrogen) atoms. The summed E-state index contributed by atoms with van der Waals surface area (Å²) in [6.07, 6.45) is 3.59. The van der Waals surface area contributed by atoms with Crippen LogP contribution in [0, 0.1) is 5.92 Å². The normalized spacial score (nSPS) is 14.6. The number of amides is 2. The zero-order valence-electron chi connectivity index (χ0n) is 15.2. The van der Waals surface area contributed by atoms with Crippen molar-refractivity contribution in [2.45, 2.75) is 32.7 Å². The maximum absolute atomic E-state index is 12.5. The van der Waals surface area contributed by atoms with Gasteiger partial charge in [-0.05, 0) is 50.5 Å². The molecule has 1 aromatic carbocycles. The van der Waals surface area contributed by atoms with Crippen molar-refractivity contribution in [1.82, 2.24) is 9.88 Å². The predicted octanol–water partition coefficient (Wildman–Crippen LogP) is 3.07. The van der Waals surface area contributed by atoms with Gasteiger partial charge in [0, 0.05) is 30.4 Å². The van der Waals surface area contributed by atoms with Gasteiger partial charge in [-0.25, -0.2) is 0 Å². The molecule has 1 saturated carbocycles. The molecule has 3 rings (SSSR count). The molecule has 0 spiro atoms. The van der Waals surface area contributed by atoms with Crippen molar-refractivity contribution in [3.63, 3.8) is 0 Å². The summed E-state index contributed by atoms with van der Waals surface area (Å²) in [6, 6.07) is 8.86. The van der Waals surface area contributed by atoms with Gasteiger partial charge in [0.2, 0.25) is 5.91 Å². The Balaban J connectivity index is 1.63. The third-order valence-corrected chi connectivity index (χ3v) is 4.62. The van der Waals surface area contributed by atoms with E-state index < -0.39 is 0 Å². The standard InChI is InChI=1S/C20H23N3O3/c1-12(21-20(26)18-10-16(13(2)24)11-23(18)3)14-6-8-17(9-7-14)22-19(25)15-4-5-15/h6-12,15H,4-5H2,1-3H3,(H,21,26)(H,22,25)/t12-/m1/s1. The van der Waals surface area contributed by atoms with Crippen LogP contribution in [0.5, 0.6) is 0 Å². The van der Waals surface area contributed by atoms with E-state index in [9.17, 15) is 14.4 Å². The van der Waals surface area contributed by atoms with Crippen molar-refractivity contribution in [2.24, 2.45) is 13.0 Å². The predicted molar refractivity (Wildman–Crippen MR) is 99.1 cm³/mol. The quantitative estimate of drug-likeness (QED) is 0.783. The molecular weight excluding hydrogens is 330 g/mol. The lowest BCUT2D eigenvalue weighted by Gasteiger charge is -2.15. The number of carbonyl (C=O) groups is 3. The lowest BCUT2D eigenvalue weighted by molar-refractivity contribution is -0.117. The average Bonchev–Trinajstić information content (AvgIpc) is 3.37. The van der Waals surface area contributed by atoms with Crippen LogP contribution in [0.1, 0.15) is 59.1 Å². The summed E-state index contributed by atoms with van der Waals surface area (Å²) in [4.78, 5) is 35.7. The molecule has 0 radical (unpaired) electrons. The Morgan fingerprint density at radius 2 is 1.81 bits per heavy atom. The van der Waals surface area contributed by atoms with Crippen LogP contribution in [-0.2, 0) is 11.8 Å². The Kier molecular flexibility index (Phi) is 4.93. The van der Waals surface area contributed by atoms with Gasteiger partial charge in [-0.2, -0.15) is 0 Å². The minimum absolute atomic E-state index is 0.0727. The van der Waals surface area contributed by atoms with Crippen LogP contribution in [0.2, 0.25) is 0 Å². The summed E-state index contributed by atoms with van der Waals surface area (Å²) in [6.45, 7) is 3.37. The van der Waals surface area contributed by atoms with Gasteiger partial charge in [-0.3, -0.25) is 14.4 Å². The molecule has 1 aliphatic rings. The number of aryl methyl sites for hydroxylation is 1. The molecule has 0 aliphatic heterocycles. The number of rotatable bonds is 6. The van der Waals surface area contributed by atoms with E-state index >= 15 is 0 Å². The zero-order valence-corrected chi connectivity index (χ0v) is 15.2. The maximum Gasteiger partial charge on any atom is 0.268 e. The second kappa shape index (κ2) is 7.15. The van der Waals surface area contributed by atoms with E-state index in [1.165, 1.54) is 6.92 Å². The number of nitrogens with one attached hydrogen (secondary N) is 2. The zero-order chi connectivity index (χ0) is 18.8. The van der Waals surface area contributed by atoms with Crippen LogP contribution >= 0.6 is 0 Å². The van der Waals surface area contributed by atoms with E-state index in [4.69, 9.17) is 0 Å². The molecular formula is C20H23N3O3. The van der Waals surface area contributed by atoms with Gasteiger partial charge in [0.25, 0.3) is 5.91 Å². The van der Waals surface area contributed by atoms with Crippen LogP contribution in [0.4, 0.5) is 5.69 Å². The van der Waals surface area contributed by atoms with E-state index in [0.29, 0.717) is 11.3 Å². The van der Waals surface area contributed by atoms with Crippen LogP contribution < -0.4 is 10.6 Å². The van der Waals surface area contributed by atoms with E-state index in [-0.39, 0.29) is 29.6 Å². The number of anilines is 1. The second-order valence-corrected chi connectivity index (χ2v) is 6.86. The van der Waals surface area contributed by atoms with Crippen molar-refractivity contribution < 1.29 is 14.4 Å². The first-order chi connectivity index (χ1) is 12.3. The highest BCUT2D eigenvalue weighted by Gasteiger charge is 2.29. The fourth-order valence-electron chi connectivity index (χ4n) is 2.78. The van der Waals surface area contributed by atoms with E-state index in [1.54, 1.807) is 23.9 Å². The van der Waals surface area contributed by atoms with Crippen LogP contribution in [0.25, 0.3) is 0 Å². The first-order valence-corrected chi connectivity index (χ1v) is 8.74. The highest BCUT2D eigenvalue weighted by atomic mass is 16.2. The molecule has 1 aromatic heterocycles. The van der Waals surface area contributed by atoms with Gasteiger partial charge >= 0.3 is 0 Å². The monoisotopic (exact) mass is 353 g/mol. The summed E-state index contributed by atoms with van der Waals surface area (Å²) in [5.41, 5.74) is 2.65. The van der Waals surface area contributed by atoms with Crippen molar-refractivity contribution in [3.8, 4) is 0 Å². The number of hydrogen-bond donors (Lipinski definition) is 2. The number of aromatic nitrogens is 1. The Bertz CT molecular complexity index is 848. The first kappa shape index (κ1) is 17.9. The number of Topliss-reactive ketones (excluding diaryl/α,β-unsaturated/α-hetero) is 1. The largest absolute Gasteiger partial charge is 0.346 e. The average molecular weight is 353 g/mol. The Hall–Kier alpha value is -2.89. The number of carbonyl (C=O) groups excluding carboxylic acids is 3. The molecule has 0 saturated heterocycles. The summed E-state index contributed by atoms with van der Waals surface area (Å²) in [5, 5.41) is 5.83. The number of hydrogen-bond acceptors (Lipinski definition) is 3. The summed E-state index contributed by atoms with van der Waals surface area (Å²) >= 11 is 0. The van der Waals surface area contributed by atoms with Gasteiger partial charge in [-0.15, -0.1) is 0 Å². The molecule has 1 atom stereocenters. The Labute approximate surface area is 152 Å². The minimum atomic E-state index is -0.237. The van der Waals surface area contributed by atoms with Gasteiger partial charge in [0.1, 0.15) is 5.69 Å². The van der Waals surface area contributed by atoms with Crippen molar-refractivity contribution in [1.29, 1.82) is 0 Å². The smallest absolute Gasteiger partial charge is 0.268 e. The maximum atomic E-state index is 12.5. The van der Waals surface area contributed by atoms with Gasteiger partial charge in [0.15, 0.2) is 5.78 Å². The number of ketones is 1. The summed E-state index contributed by atoms with van der Waals surface area (Å²) < 4.78 is 1.65. The lowest BCUT2D eigenvalue weighted by Crippen LogP contribution is -2.28. The second-order valence-electron chi connectivity index (χ2n) is 6.86. The van der Waals surface area contributed by atoms with E-state index in [2.05, 4.69) is 10.6 Å². The molecule has 1 fully saturated rings. The van der Waals surface area contributed by atoms with E-state index in [0.717, 1.165) is 24.1 Å². The highest BCUT2D eigenvalue weighted by Crippen LogP contribution is 2.30. The number of nitrogens with zero attached hydrogens (tertiary/aromatic N) is 1. The molecule has 6 heteroatoms. The van der Waals surface area contributed by atoms with Crippen LogP contribution in [-0.4, -0.2) is 22.2 Å². The molecule has 2 aromatic rings. The molecule has 136 valence electrons. The van der Waals surface area contributed by atoms with Gasteiger partial charge in [-0.1, -0.05) is 12.1 Å². The SMILES string of the molecule is CC(=O)c1cc(C(=O)N[C@H](C)c2ccc(NC(=O)C3CC3)cc2)n(C)c1. The van der Waals surface area contributed by atoms with Crippen molar-refractivity contribution in [2.75, 3.05) is 5.32 Å². The first-order valence-electron chi connectivity index (χ1n) is 8.74. The molecule has 1 heterocycles. The highest BCUT2D eigenvalue weighted by molar-refractivity contribution is 5.99. The van der Waals surface area contributed by atoms with Crippen LogP contribution in [0.15, 0.2) is 36.5 Å². The lowest BCUT2D eigenvalue weighted by atomic mass is 10.1. The third kappa shape index (κ3) is 4.02. The molecule has 2 amide bonds.